The summed E-state index contributed by atoms with van der Waals surface area (Å²) in [7, 11) is 0. The van der Waals surface area contributed by atoms with Gasteiger partial charge in [-0.05, 0) is 37.4 Å². The third-order valence-corrected chi connectivity index (χ3v) is 4.73. The number of rotatable bonds is 7. The van der Waals surface area contributed by atoms with Gasteiger partial charge in [-0.15, -0.1) is 6.58 Å². The molecule has 124 valence electrons. The molecule has 22 heavy (non-hydrogen) atoms. The van der Waals surface area contributed by atoms with E-state index in [2.05, 4.69) is 33.8 Å². The molecule has 0 saturated carbocycles. The standard InChI is InChI=1S/C17H29N3OS/c1-2-8-18-17(22)20(15-16-6-4-3-5-7-16)10-9-19-11-13-21-14-12-19/h2-4,16H,1,5-15H2,(H,18,22). The van der Waals surface area contributed by atoms with Crippen molar-refractivity contribution >= 4 is 17.3 Å². The number of allylic oxidation sites excluding steroid dienone is 2. The summed E-state index contributed by atoms with van der Waals surface area (Å²) >= 11 is 5.58. The lowest BCUT2D eigenvalue weighted by molar-refractivity contribution is 0.0355. The Hall–Kier alpha value is -0.910. The van der Waals surface area contributed by atoms with Crippen molar-refractivity contribution in [2.75, 3.05) is 52.5 Å². The van der Waals surface area contributed by atoms with E-state index in [-0.39, 0.29) is 0 Å². The van der Waals surface area contributed by atoms with Gasteiger partial charge in [0.15, 0.2) is 5.11 Å². The van der Waals surface area contributed by atoms with Crippen LogP contribution in [0.2, 0.25) is 0 Å². The van der Waals surface area contributed by atoms with Crippen molar-refractivity contribution < 1.29 is 4.74 Å². The number of thiocarbonyl (C=S) groups is 1. The molecule has 2 aliphatic rings. The fourth-order valence-electron chi connectivity index (χ4n) is 2.97. The first-order valence-corrected chi connectivity index (χ1v) is 8.79. The zero-order valence-electron chi connectivity index (χ0n) is 13.5. The lowest BCUT2D eigenvalue weighted by atomic mass is 9.94. The molecule has 0 aromatic carbocycles. The molecule has 5 heteroatoms. The minimum Gasteiger partial charge on any atom is -0.379 e. The first kappa shape index (κ1) is 17.4. The van der Waals surface area contributed by atoms with Crippen LogP contribution >= 0.6 is 12.2 Å². The zero-order valence-corrected chi connectivity index (χ0v) is 14.3. The minimum atomic E-state index is 0.721. The van der Waals surface area contributed by atoms with E-state index >= 15 is 0 Å². The van der Waals surface area contributed by atoms with Crippen LogP contribution in [0.3, 0.4) is 0 Å². The van der Waals surface area contributed by atoms with E-state index < -0.39 is 0 Å². The van der Waals surface area contributed by atoms with Gasteiger partial charge < -0.3 is 15.0 Å². The molecule has 1 fully saturated rings. The van der Waals surface area contributed by atoms with E-state index in [1.54, 1.807) is 0 Å². The Morgan fingerprint density at radius 2 is 2.23 bits per heavy atom. The van der Waals surface area contributed by atoms with Crippen molar-refractivity contribution in [1.29, 1.82) is 0 Å². The number of nitrogens with one attached hydrogen (secondary N) is 1. The highest BCUT2D eigenvalue weighted by molar-refractivity contribution is 7.80. The summed E-state index contributed by atoms with van der Waals surface area (Å²) in [5.74, 6) is 0.721. The summed E-state index contributed by atoms with van der Waals surface area (Å²) < 4.78 is 5.42. The van der Waals surface area contributed by atoms with E-state index in [9.17, 15) is 0 Å². The number of hydrogen-bond acceptors (Lipinski definition) is 3. The van der Waals surface area contributed by atoms with Gasteiger partial charge in [-0.2, -0.15) is 0 Å². The van der Waals surface area contributed by atoms with Gasteiger partial charge in [0.25, 0.3) is 0 Å². The minimum absolute atomic E-state index is 0.721. The number of hydrogen-bond donors (Lipinski definition) is 1. The van der Waals surface area contributed by atoms with Crippen LogP contribution in [0.4, 0.5) is 0 Å². The van der Waals surface area contributed by atoms with Crippen molar-refractivity contribution in [2.24, 2.45) is 5.92 Å². The topological polar surface area (TPSA) is 27.7 Å². The van der Waals surface area contributed by atoms with E-state index in [0.717, 1.165) is 63.5 Å². The average Bonchev–Trinajstić information content (AvgIpc) is 2.58. The Morgan fingerprint density at radius 3 is 2.91 bits per heavy atom. The monoisotopic (exact) mass is 323 g/mol. The van der Waals surface area contributed by atoms with Crippen LogP contribution in [0, 0.1) is 5.92 Å². The zero-order chi connectivity index (χ0) is 15.6. The SMILES string of the molecule is C=CCNC(=S)N(CCN1CCOCC1)CC1CC=CCC1. The predicted molar refractivity (Wildman–Crippen MR) is 96.1 cm³/mol. The molecule has 1 heterocycles. The Morgan fingerprint density at radius 1 is 1.41 bits per heavy atom. The van der Waals surface area contributed by atoms with Crippen LogP contribution in [0.25, 0.3) is 0 Å². The lowest BCUT2D eigenvalue weighted by Gasteiger charge is -2.33. The maximum atomic E-state index is 5.58. The second-order valence-electron chi connectivity index (χ2n) is 6.03. The maximum absolute atomic E-state index is 5.58. The molecule has 0 aromatic heterocycles. The first-order valence-electron chi connectivity index (χ1n) is 8.38. The summed E-state index contributed by atoms with van der Waals surface area (Å²) in [6.07, 6.45) is 10.1. The van der Waals surface area contributed by atoms with Crippen LogP contribution in [0.1, 0.15) is 19.3 Å². The molecule has 2 rings (SSSR count). The molecule has 1 N–H and O–H groups in total. The highest BCUT2D eigenvalue weighted by Gasteiger charge is 2.18. The molecule has 1 aliphatic carbocycles. The largest absolute Gasteiger partial charge is 0.379 e. The summed E-state index contributed by atoms with van der Waals surface area (Å²) in [6.45, 7) is 11.4. The fraction of sp³-hybridized carbons (Fsp3) is 0.706. The molecule has 1 saturated heterocycles. The third kappa shape index (κ3) is 6.07. The molecule has 1 aliphatic heterocycles. The molecule has 1 atom stereocenters. The van der Waals surface area contributed by atoms with Gasteiger partial charge in [0, 0.05) is 39.3 Å². The number of morpholine rings is 1. The second kappa shape index (κ2) is 9.98. The van der Waals surface area contributed by atoms with Crippen LogP contribution in [0.5, 0.6) is 0 Å². The molecule has 0 radical (unpaired) electrons. The molecule has 0 bridgehead atoms. The van der Waals surface area contributed by atoms with Crippen LogP contribution < -0.4 is 5.32 Å². The molecule has 0 spiro atoms. The Bertz CT molecular complexity index is 380. The van der Waals surface area contributed by atoms with E-state index in [1.165, 1.54) is 19.3 Å². The summed E-state index contributed by atoms with van der Waals surface area (Å²) in [4.78, 5) is 4.81. The second-order valence-corrected chi connectivity index (χ2v) is 6.41. The van der Waals surface area contributed by atoms with Crippen molar-refractivity contribution in [3.63, 3.8) is 0 Å². The third-order valence-electron chi connectivity index (χ3n) is 4.33. The van der Waals surface area contributed by atoms with E-state index in [1.807, 2.05) is 6.08 Å². The van der Waals surface area contributed by atoms with Gasteiger partial charge in [0.05, 0.1) is 13.2 Å². The van der Waals surface area contributed by atoms with Crippen LogP contribution in [-0.2, 0) is 4.74 Å². The first-order chi connectivity index (χ1) is 10.8. The molecule has 1 unspecified atom stereocenters. The number of nitrogens with zero attached hydrogens (tertiary/aromatic N) is 2. The number of ether oxygens (including phenoxy) is 1. The summed E-state index contributed by atoms with van der Waals surface area (Å²) in [6, 6.07) is 0. The van der Waals surface area contributed by atoms with Crippen LogP contribution in [-0.4, -0.2) is 67.4 Å². The van der Waals surface area contributed by atoms with Gasteiger partial charge in [-0.25, -0.2) is 0 Å². The van der Waals surface area contributed by atoms with Crippen molar-refractivity contribution in [2.45, 2.75) is 19.3 Å². The van der Waals surface area contributed by atoms with Gasteiger partial charge in [-0.3, -0.25) is 4.90 Å². The average molecular weight is 324 g/mol. The smallest absolute Gasteiger partial charge is 0.169 e. The quantitative estimate of drug-likeness (QED) is 0.572. The van der Waals surface area contributed by atoms with Crippen molar-refractivity contribution in [1.82, 2.24) is 15.1 Å². The predicted octanol–water partition coefficient (Wildman–Crippen LogP) is 2.04. The summed E-state index contributed by atoms with van der Waals surface area (Å²) in [5.41, 5.74) is 0. The Kier molecular flexibility index (Phi) is 7.91. The molecule has 0 amide bonds. The van der Waals surface area contributed by atoms with Gasteiger partial charge in [0.1, 0.15) is 0 Å². The highest BCUT2D eigenvalue weighted by atomic mass is 32.1. The van der Waals surface area contributed by atoms with Crippen LogP contribution in [0.15, 0.2) is 24.8 Å². The van der Waals surface area contributed by atoms with Gasteiger partial charge >= 0.3 is 0 Å². The molecule has 4 nitrogen and oxygen atoms in total. The summed E-state index contributed by atoms with van der Waals surface area (Å²) in [5, 5.41) is 4.15. The van der Waals surface area contributed by atoms with Gasteiger partial charge in [0.2, 0.25) is 0 Å². The van der Waals surface area contributed by atoms with Crippen molar-refractivity contribution in [3.05, 3.63) is 24.8 Å². The van der Waals surface area contributed by atoms with Crippen molar-refractivity contribution in [3.8, 4) is 0 Å². The highest BCUT2D eigenvalue weighted by Crippen LogP contribution is 2.19. The van der Waals surface area contributed by atoms with Gasteiger partial charge in [-0.1, -0.05) is 18.2 Å². The Labute approximate surface area is 140 Å². The van der Waals surface area contributed by atoms with E-state index in [0.29, 0.717) is 0 Å². The molecular formula is C17H29N3OS. The normalized spacial score (nSPS) is 22.3. The fourth-order valence-corrected chi connectivity index (χ4v) is 3.22. The van der Waals surface area contributed by atoms with E-state index in [4.69, 9.17) is 17.0 Å². The molecular weight excluding hydrogens is 294 g/mol. The maximum Gasteiger partial charge on any atom is 0.169 e. The lowest BCUT2D eigenvalue weighted by Crippen LogP contribution is -2.47. The Balaban J connectivity index is 1.83. The molecule has 0 aromatic rings.